The smallest absolute Gasteiger partial charge is 0.120 e. The van der Waals surface area contributed by atoms with Gasteiger partial charge in [0.2, 0.25) is 0 Å². The number of hydrogen-bond donors (Lipinski definition) is 2. The molecule has 3 fully saturated rings. The number of nitrogens with zero attached hydrogens (tertiary/aromatic N) is 3. The van der Waals surface area contributed by atoms with Gasteiger partial charge in [0.1, 0.15) is 29.8 Å². The van der Waals surface area contributed by atoms with Crippen LogP contribution in [0.4, 0.5) is 11.4 Å². The van der Waals surface area contributed by atoms with E-state index in [2.05, 4.69) is 166 Å². The lowest BCUT2D eigenvalue weighted by molar-refractivity contribution is -0.00851. The Kier molecular flexibility index (Phi) is 17.8. The van der Waals surface area contributed by atoms with Gasteiger partial charge in [0.25, 0.3) is 0 Å². The molecule has 0 spiro atoms. The maximum atomic E-state index is 10.9. The summed E-state index contributed by atoms with van der Waals surface area (Å²) in [5.41, 5.74) is 7.04. The molecule has 0 amide bonds. The van der Waals surface area contributed by atoms with Crippen LogP contribution >= 0.6 is 0 Å². The Labute approximate surface area is 425 Å². The van der Waals surface area contributed by atoms with Gasteiger partial charge in [0.05, 0.1) is 40.1 Å². The van der Waals surface area contributed by atoms with Crippen molar-refractivity contribution in [2.75, 3.05) is 103 Å². The third-order valence-electron chi connectivity index (χ3n) is 13.5. The molecule has 3 aliphatic heterocycles. The fourth-order valence-electron chi connectivity index (χ4n) is 9.60. The molecule has 4 unspecified atom stereocenters. The molecular weight excluding hydrogens is 897 g/mol. The number of rotatable bonds is 16. The maximum Gasteiger partial charge on any atom is 0.120 e. The summed E-state index contributed by atoms with van der Waals surface area (Å²) < 4.78 is 28.5. The Morgan fingerprint density at radius 2 is 0.986 bits per heavy atom. The maximum absolute atomic E-state index is 10.9. The lowest BCUT2D eigenvalue weighted by atomic mass is 9.95. The number of epoxide rings is 1. The number of β-amino-alcohol motifs (C(OH)–C–C–N with tert-alkyl or cyclic N) is 1. The lowest BCUT2D eigenvalue weighted by Gasteiger charge is -2.37. The van der Waals surface area contributed by atoms with Crippen molar-refractivity contribution >= 4 is 32.9 Å². The molecule has 3 aliphatic rings. The van der Waals surface area contributed by atoms with Gasteiger partial charge in [-0.15, -0.1) is 0 Å². The molecule has 4 atom stereocenters. The van der Waals surface area contributed by atoms with Crippen LogP contribution in [0.1, 0.15) is 34.5 Å². The highest BCUT2D eigenvalue weighted by Crippen LogP contribution is 2.34. The quantitative estimate of drug-likeness (QED) is 0.0913. The molecule has 3 saturated heterocycles. The molecule has 8 aromatic carbocycles. The molecule has 10 heteroatoms. The van der Waals surface area contributed by atoms with Crippen LogP contribution in [0.25, 0.3) is 21.5 Å². The molecule has 2 N–H and O–H groups in total. The number of nitrogens with one attached hydrogen (secondary N) is 1. The lowest BCUT2D eigenvalue weighted by Crippen LogP contribution is -2.49. The SMILES string of the molecule is COc1cccc(N2CCN(CC(O)COC(c3ccccc3)c3cccc4ccccc34)CC2)c1.COc1cccc(N2CCNCC2)c1.c1ccc(C(OCC2CO2)c2cccc3ccccc23)cc1. The summed E-state index contributed by atoms with van der Waals surface area (Å²) in [4.78, 5) is 7.06. The van der Waals surface area contributed by atoms with Gasteiger partial charge < -0.3 is 43.9 Å². The Morgan fingerprint density at radius 1 is 0.528 bits per heavy atom. The molecule has 0 radical (unpaired) electrons. The topological polar surface area (TPSA) is 91.4 Å². The third-order valence-corrected chi connectivity index (χ3v) is 13.5. The molecule has 72 heavy (non-hydrogen) atoms. The summed E-state index contributed by atoms with van der Waals surface area (Å²) in [6.07, 6.45) is -0.593. The molecule has 0 aliphatic carbocycles. The summed E-state index contributed by atoms with van der Waals surface area (Å²) in [6, 6.07) is 66.7. The molecule has 0 bridgehead atoms. The number of aliphatic hydroxyl groups excluding tert-OH is 1. The number of benzene rings is 8. The number of anilines is 2. The average molecular weight is 965 g/mol. The van der Waals surface area contributed by atoms with Crippen molar-refractivity contribution in [2.24, 2.45) is 0 Å². The van der Waals surface area contributed by atoms with Gasteiger partial charge in [0.15, 0.2) is 0 Å². The largest absolute Gasteiger partial charge is 0.497 e. The van der Waals surface area contributed by atoms with Crippen molar-refractivity contribution in [3.8, 4) is 11.5 Å². The minimum Gasteiger partial charge on any atom is -0.497 e. The molecular formula is C62H68N4O6. The van der Waals surface area contributed by atoms with E-state index in [0.29, 0.717) is 13.2 Å². The van der Waals surface area contributed by atoms with Gasteiger partial charge in [-0.05, 0) is 68.1 Å². The van der Waals surface area contributed by atoms with Crippen LogP contribution in [0.3, 0.4) is 0 Å². The summed E-state index contributed by atoms with van der Waals surface area (Å²) >= 11 is 0. The molecule has 8 aromatic rings. The molecule has 372 valence electrons. The standard InChI is InChI=1S/C31H34N2O3.C20H18O2.C11H16N2O/c1-35-28-14-8-13-26(21-28)33-19-17-32(18-20-33)22-27(34)23-36-31(25-10-3-2-4-11-25)30-16-7-12-24-9-5-6-15-29(24)30;1-2-8-16(9-3-1)20(22-14-17-13-21-17)19-12-6-10-15-7-4-5-11-18(15)19;1-14-11-4-2-3-10(9-11)13-7-5-12-6-8-13/h2-16,21,27,31,34H,17-20,22-23H2,1H3;1-12,17,20H,13-14H2;2-4,9,12H,5-8H2,1H3. The van der Waals surface area contributed by atoms with E-state index >= 15 is 0 Å². The van der Waals surface area contributed by atoms with Crippen LogP contribution in [0.15, 0.2) is 194 Å². The van der Waals surface area contributed by atoms with E-state index in [1.54, 1.807) is 14.2 Å². The monoisotopic (exact) mass is 965 g/mol. The zero-order chi connectivity index (χ0) is 49.3. The van der Waals surface area contributed by atoms with E-state index in [-0.39, 0.29) is 24.9 Å². The molecule has 0 aromatic heterocycles. The van der Waals surface area contributed by atoms with Gasteiger partial charge in [-0.25, -0.2) is 0 Å². The van der Waals surface area contributed by atoms with Gasteiger partial charge in [-0.2, -0.15) is 0 Å². The zero-order valence-electron chi connectivity index (χ0n) is 41.6. The van der Waals surface area contributed by atoms with Crippen LogP contribution in [-0.4, -0.2) is 115 Å². The van der Waals surface area contributed by atoms with Crippen molar-refractivity contribution in [1.82, 2.24) is 10.2 Å². The first-order chi connectivity index (χ1) is 35.5. The third kappa shape index (κ3) is 13.6. The number of fused-ring (bicyclic) bond motifs is 2. The van der Waals surface area contributed by atoms with Gasteiger partial charge in [-0.3, -0.25) is 4.90 Å². The second-order valence-corrected chi connectivity index (χ2v) is 18.4. The second kappa shape index (κ2) is 25.6. The first-order valence-corrected chi connectivity index (χ1v) is 25.3. The average Bonchev–Trinajstić information content (AvgIpc) is 4.29. The number of ether oxygens (including phenoxy) is 5. The molecule has 3 heterocycles. The van der Waals surface area contributed by atoms with E-state index in [1.807, 2.05) is 48.5 Å². The summed E-state index contributed by atoms with van der Waals surface area (Å²) in [5, 5.41) is 19.1. The fourth-order valence-corrected chi connectivity index (χ4v) is 9.60. The number of hydrogen-bond acceptors (Lipinski definition) is 10. The first kappa shape index (κ1) is 50.2. The number of aliphatic hydroxyl groups is 1. The van der Waals surface area contributed by atoms with Crippen molar-refractivity contribution in [3.05, 3.63) is 216 Å². The first-order valence-electron chi connectivity index (χ1n) is 25.3. The molecule has 0 saturated carbocycles. The normalized spacial score (nSPS) is 16.9. The Bertz CT molecular complexity index is 2880. The van der Waals surface area contributed by atoms with Crippen LogP contribution < -0.4 is 24.6 Å². The summed E-state index contributed by atoms with van der Waals surface area (Å²) in [6.45, 7) is 10.3. The minimum atomic E-state index is -0.561. The second-order valence-electron chi connectivity index (χ2n) is 18.4. The van der Waals surface area contributed by atoms with Crippen LogP contribution in [0, 0.1) is 0 Å². The van der Waals surface area contributed by atoms with Crippen LogP contribution in [0.5, 0.6) is 11.5 Å². The van der Waals surface area contributed by atoms with Crippen molar-refractivity contribution < 1.29 is 28.8 Å². The Balaban J connectivity index is 0.000000150. The zero-order valence-corrected chi connectivity index (χ0v) is 41.6. The highest BCUT2D eigenvalue weighted by Gasteiger charge is 2.27. The van der Waals surface area contributed by atoms with Gasteiger partial charge >= 0.3 is 0 Å². The number of methoxy groups -OCH3 is 2. The van der Waals surface area contributed by atoms with E-state index in [0.717, 1.165) is 81.6 Å². The number of piperazine rings is 2. The van der Waals surface area contributed by atoms with Crippen LogP contribution in [0.2, 0.25) is 0 Å². The highest BCUT2D eigenvalue weighted by atomic mass is 16.6. The predicted octanol–water partition coefficient (Wildman–Crippen LogP) is 10.6. The summed E-state index contributed by atoms with van der Waals surface area (Å²) in [5.74, 6) is 1.81. The highest BCUT2D eigenvalue weighted by molar-refractivity contribution is 5.87. The predicted molar refractivity (Wildman–Crippen MR) is 292 cm³/mol. The minimum absolute atomic E-state index is 0.0588. The van der Waals surface area contributed by atoms with Gasteiger partial charge in [-0.1, -0.05) is 158 Å². The molecule has 11 rings (SSSR count). The Morgan fingerprint density at radius 3 is 1.50 bits per heavy atom. The fraction of sp³-hybridized carbons (Fsp3) is 0.290. The van der Waals surface area contributed by atoms with Crippen molar-refractivity contribution in [2.45, 2.75) is 24.4 Å². The van der Waals surface area contributed by atoms with E-state index in [9.17, 15) is 5.11 Å². The van der Waals surface area contributed by atoms with Crippen molar-refractivity contribution in [1.29, 1.82) is 0 Å². The van der Waals surface area contributed by atoms with E-state index in [4.69, 9.17) is 23.7 Å². The molecule has 10 nitrogen and oxygen atoms in total. The van der Waals surface area contributed by atoms with Gasteiger partial charge in [0, 0.05) is 82.4 Å². The van der Waals surface area contributed by atoms with Crippen molar-refractivity contribution in [3.63, 3.8) is 0 Å². The van der Waals surface area contributed by atoms with Crippen LogP contribution in [-0.2, 0) is 14.2 Å². The Hall–Kier alpha value is -6.76. The summed E-state index contributed by atoms with van der Waals surface area (Å²) in [7, 11) is 3.40. The van der Waals surface area contributed by atoms with E-state index in [1.165, 1.54) is 44.0 Å². The van der Waals surface area contributed by atoms with E-state index < -0.39 is 6.10 Å².